The van der Waals surface area contributed by atoms with Crippen LogP contribution < -0.4 is 5.32 Å². The van der Waals surface area contributed by atoms with E-state index >= 15 is 0 Å². The van der Waals surface area contributed by atoms with Crippen LogP contribution in [0.15, 0.2) is 24.3 Å². The maximum atomic E-state index is 10.9. The number of non-ortho nitro benzene ring substituents is 1. The van der Waals surface area contributed by atoms with Gasteiger partial charge in [0.05, 0.1) is 23.0 Å². The summed E-state index contributed by atoms with van der Waals surface area (Å²) in [6.07, 6.45) is 1.59. The van der Waals surface area contributed by atoms with Crippen LogP contribution >= 0.6 is 11.3 Å². The molecule has 0 amide bonds. The van der Waals surface area contributed by atoms with Crippen molar-refractivity contribution in [3.63, 3.8) is 0 Å². The van der Waals surface area contributed by atoms with Gasteiger partial charge in [-0.2, -0.15) is 0 Å². The molecule has 3 aromatic rings. The van der Waals surface area contributed by atoms with E-state index in [1.165, 1.54) is 29.9 Å². The van der Waals surface area contributed by atoms with Gasteiger partial charge in [-0.25, -0.2) is 9.97 Å². The van der Waals surface area contributed by atoms with Crippen molar-refractivity contribution in [2.45, 2.75) is 46.3 Å². The molecule has 0 bridgehead atoms. The lowest BCUT2D eigenvalue weighted by molar-refractivity contribution is -0.384. The summed E-state index contributed by atoms with van der Waals surface area (Å²) in [7, 11) is 0. The largest absolute Gasteiger partial charge is 0.387 e. The number of hydrogen-bond acceptors (Lipinski definition) is 8. The van der Waals surface area contributed by atoms with Crippen LogP contribution in [0.4, 0.5) is 11.5 Å². The highest BCUT2D eigenvalue weighted by Gasteiger charge is 2.20. The first-order chi connectivity index (χ1) is 15.3. The Morgan fingerprint density at radius 1 is 1.25 bits per heavy atom. The topological polar surface area (TPSA) is 104 Å². The van der Waals surface area contributed by atoms with Crippen LogP contribution in [0.3, 0.4) is 0 Å². The summed E-state index contributed by atoms with van der Waals surface area (Å²) in [5, 5.41) is 25.8. The highest BCUT2D eigenvalue weighted by molar-refractivity contribution is 7.18. The van der Waals surface area contributed by atoms with Gasteiger partial charge in [-0.3, -0.25) is 15.0 Å². The number of nitrogens with zero attached hydrogens (tertiary/aromatic N) is 4. The van der Waals surface area contributed by atoms with Crippen LogP contribution in [-0.4, -0.2) is 44.5 Å². The number of aliphatic hydroxyl groups excluding tert-OH is 1. The lowest BCUT2D eigenvalue weighted by Crippen LogP contribution is -2.33. The summed E-state index contributed by atoms with van der Waals surface area (Å²) in [6, 6.07) is 5.99. The SMILES string of the molecule is Cc1sc2nc(CN3CCC(C)CC3)nc(NCC(O)c3ccc([N+](=O)[O-])cc3)c2c1C. The molecule has 0 radical (unpaired) electrons. The van der Waals surface area contributed by atoms with E-state index in [0.717, 1.165) is 53.0 Å². The fourth-order valence-corrected chi connectivity index (χ4v) is 5.09. The molecule has 8 nitrogen and oxygen atoms in total. The Hall–Kier alpha value is -2.62. The summed E-state index contributed by atoms with van der Waals surface area (Å²) >= 11 is 1.67. The highest BCUT2D eigenvalue weighted by atomic mass is 32.1. The Morgan fingerprint density at radius 2 is 1.94 bits per heavy atom. The first-order valence-corrected chi connectivity index (χ1v) is 11.8. The van der Waals surface area contributed by atoms with Crippen molar-refractivity contribution in [1.29, 1.82) is 0 Å². The molecular formula is C23H29N5O3S. The van der Waals surface area contributed by atoms with Gasteiger partial charge < -0.3 is 10.4 Å². The Labute approximate surface area is 191 Å². The molecule has 1 fully saturated rings. The van der Waals surface area contributed by atoms with Crippen LogP contribution in [0.25, 0.3) is 10.2 Å². The predicted molar refractivity (Wildman–Crippen MR) is 127 cm³/mol. The second kappa shape index (κ2) is 9.48. The summed E-state index contributed by atoms with van der Waals surface area (Å²) in [4.78, 5) is 24.7. The van der Waals surface area contributed by atoms with Gasteiger partial charge in [0.2, 0.25) is 0 Å². The number of rotatable bonds is 7. The molecule has 1 aliphatic heterocycles. The number of hydrogen-bond donors (Lipinski definition) is 2. The predicted octanol–water partition coefficient (Wildman–Crippen LogP) is 4.59. The molecule has 9 heteroatoms. The van der Waals surface area contributed by atoms with Crippen LogP contribution in [0, 0.1) is 29.9 Å². The molecule has 4 rings (SSSR count). The minimum atomic E-state index is -0.812. The zero-order valence-corrected chi connectivity index (χ0v) is 19.5. The lowest BCUT2D eigenvalue weighted by atomic mass is 9.99. The van der Waals surface area contributed by atoms with E-state index in [4.69, 9.17) is 9.97 Å². The molecular weight excluding hydrogens is 426 g/mol. The molecule has 0 aliphatic carbocycles. The number of nitro groups is 1. The van der Waals surface area contributed by atoms with Crippen molar-refractivity contribution in [1.82, 2.24) is 14.9 Å². The lowest BCUT2D eigenvalue weighted by Gasteiger charge is -2.29. The van der Waals surface area contributed by atoms with Gasteiger partial charge in [-0.1, -0.05) is 6.92 Å². The quantitative estimate of drug-likeness (QED) is 0.396. The normalized spacial score (nSPS) is 16.4. The third-order valence-electron chi connectivity index (χ3n) is 6.27. The summed E-state index contributed by atoms with van der Waals surface area (Å²) < 4.78 is 0. The number of fused-ring (bicyclic) bond motifs is 1. The van der Waals surface area contributed by atoms with Gasteiger partial charge in [-0.05, 0) is 69.0 Å². The molecule has 3 heterocycles. The molecule has 32 heavy (non-hydrogen) atoms. The summed E-state index contributed by atoms with van der Waals surface area (Å²) in [6.45, 7) is 9.55. The van der Waals surface area contributed by atoms with Gasteiger partial charge in [0.25, 0.3) is 5.69 Å². The minimum Gasteiger partial charge on any atom is -0.387 e. The number of anilines is 1. The van der Waals surface area contributed by atoms with E-state index in [1.54, 1.807) is 23.5 Å². The number of aromatic nitrogens is 2. The molecule has 2 N–H and O–H groups in total. The van der Waals surface area contributed by atoms with Crippen molar-refractivity contribution in [2.75, 3.05) is 25.0 Å². The summed E-state index contributed by atoms with van der Waals surface area (Å²) in [5.41, 5.74) is 1.78. The van der Waals surface area contributed by atoms with Crippen LogP contribution in [0.1, 0.15) is 47.7 Å². The van der Waals surface area contributed by atoms with Crippen molar-refractivity contribution in [3.8, 4) is 0 Å². The maximum Gasteiger partial charge on any atom is 0.269 e. The Bertz CT molecular complexity index is 1110. The van der Waals surface area contributed by atoms with E-state index in [1.807, 2.05) is 0 Å². The van der Waals surface area contributed by atoms with Crippen molar-refractivity contribution < 1.29 is 10.0 Å². The second-order valence-electron chi connectivity index (χ2n) is 8.66. The van der Waals surface area contributed by atoms with E-state index < -0.39 is 11.0 Å². The molecule has 1 aliphatic rings. The number of aliphatic hydroxyl groups is 1. The molecule has 1 atom stereocenters. The average molecular weight is 456 g/mol. The van der Waals surface area contributed by atoms with Crippen molar-refractivity contribution >= 4 is 33.1 Å². The van der Waals surface area contributed by atoms with Gasteiger partial charge in [0.15, 0.2) is 0 Å². The van der Waals surface area contributed by atoms with Gasteiger partial charge in [0.1, 0.15) is 16.5 Å². The number of piperidine rings is 1. The molecule has 1 saturated heterocycles. The van der Waals surface area contributed by atoms with Gasteiger partial charge in [-0.15, -0.1) is 11.3 Å². The molecule has 2 aromatic heterocycles. The first kappa shape index (κ1) is 22.6. The molecule has 1 aromatic carbocycles. The first-order valence-electron chi connectivity index (χ1n) is 11.0. The van der Waals surface area contributed by atoms with E-state index in [2.05, 4.69) is 31.0 Å². The maximum absolute atomic E-state index is 10.9. The number of nitro benzene ring substituents is 1. The third-order valence-corrected chi connectivity index (χ3v) is 7.37. The molecule has 1 unspecified atom stereocenters. The molecule has 0 saturated carbocycles. The number of likely N-dealkylation sites (tertiary alicyclic amines) is 1. The van der Waals surface area contributed by atoms with Crippen LogP contribution in [0.5, 0.6) is 0 Å². The van der Waals surface area contributed by atoms with Crippen LogP contribution in [0.2, 0.25) is 0 Å². The highest BCUT2D eigenvalue weighted by Crippen LogP contribution is 2.34. The Balaban J connectivity index is 1.54. The zero-order chi connectivity index (χ0) is 22.8. The van der Waals surface area contributed by atoms with Crippen molar-refractivity contribution in [3.05, 3.63) is 56.2 Å². The van der Waals surface area contributed by atoms with Crippen LogP contribution in [-0.2, 0) is 6.54 Å². The molecule has 0 spiro atoms. The zero-order valence-electron chi connectivity index (χ0n) is 18.7. The average Bonchev–Trinajstić information content (AvgIpc) is 3.07. The number of thiophene rings is 1. The summed E-state index contributed by atoms with van der Waals surface area (Å²) in [5.74, 6) is 2.30. The van der Waals surface area contributed by atoms with E-state index in [9.17, 15) is 15.2 Å². The Kier molecular flexibility index (Phi) is 6.68. The number of benzene rings is 1. The molecule has 170 valence electrons. The second-order valence-corrected chi connectivity index (χ2v) is 9.86. The van der Waals surface area contributed by atoms with E-state index in [0.29, 0.717) is 5.56 Å². The fourth-order valence-electron chi connectivity index (χ4n) is 4.04. The van der Waals surface area contributed by atoms with Gasteiger partial charge >= 0.3 is 0 Å². The Morgan fingerprint density at radius 3 is 2.59 bits per heavy atom. The van der Waals surface area contributed by atoms with Crippen molar-refractivity contribution in [2.24, 2.45) is 5.92 Å². The fraction of sp³-hybridized carbons (Fsp3) is 0.478. The minimum absolute atomic E-state index is 0.00698. The smallest absolute Gasteiger partial charge is 0.269 e. The number of nitrogens with one attached hydrogen (secondary N) is 1. The standard InChI is InChI=1S/C23H29N5O3S/c1-14-8-10-27(11-9-14)13-20-25-22(21-15(2)16(3)32-23(21)26-20)24-12-19(29)17-4-6-18(7-5-17)28(30)31/h4-7,14,19,29H,8-13H2,1-3H3,(H,24,25,26). The van der Waals surface area contributed by atoms with Gasteiger partial charge in [0, 0.05) is 23.6 Å². The monoisotopic (exact) mass is 455 g/mol. The number of aryl methyl sites for hydroxylation is 2. The van der Waals surface area contributed by atoms with E-state index in [-0.39, 0.29) is 12.2 Å². The third kappa shape index (κ3) is 4.90.